The van der Waals surface area contributed by atoms with Gasteiger partial charge in [0.2, 0.25) is 0 Å². The summed E-state index contributed by atoms with van der Waals surface area (Å²) in [6, 6.07) is 7.96. The average Bonchev–Trinajstić information content (AvgIpc) is 2.38. The van der Waals surface area contributed by atoms with Crippen LogP contribution in [-0.4, -0.2) is 41.1 Å². The van der Waals surface area contributed by atoms with Crippen LogP contribution in [0.25, 0.3) is 0 Å². The van der Waals surface area contributed by atoms with Crippen molar-refractivity contribution in [3.8, 4) is 0 Å². The molecule has 0 bridgehead atoms. The van der Waals surface area contributed by atoms with Crippen LogP contribution in [0.2, 0.25) is 0 Å². The van der Waals surface area contributed by atoms with Crippen LogP contribution in [0.5, 0.6) is 0 Å². The Morgan fingerprint density at radius 2 is 1.68 bits per heavy atom. The molecule has 1 aromatic carbocycles. The van der Waals surface area contributed by atoms with E-state index in [9.17, 15) is 5.11 Å². The number of aliphatic hydroxyl groups is 3. The van der Waals surface area contributed by atoms with Crippen LogP contribution in [0.15, 0.2) is 24.3 Å². The van der Waals surface area contributed by atoms with Crippen molar-refractivity contribution < 1.29 is 15.3 Å². The van der Waals surface area contributed by atoms with Gasteiger partial charge in [-0.25, -0.2) is 0 Å². The van der Waals surface area contributed by atoms with E-state index in [-0.39, 0.29) is 13.2 Å². The van der Waals surface area contributed by atoms with E-state index in [1.807, 2.05) is 24.3 Å². The SMILES string of the molecule is CC(C)Cc1ccc(C(O)CNCC(O)CO)cc1. The molecule has 4 nitrogen and oxygen atoms in total. The molecule has 0 aliphatic heterocycles. The van der Waals surface area contributed by atoms with Gasteiger partial charge in [-0.3, -0.25) is 0 Å². The van der Waals surface area contributed by atoms with Crippen LogP contribution in [0.1, 0.15) is 31.1 Å². The summed E-state index contributed by atoms with van der Waals surface area (Å²) in [5.41, 5.74) is 2.13. The number of aliphatic hydroxyl groups excluding tert-OH is 3. The zero-order valence-electron chi connectivity index (χ0n) is 11.7. The predicted octanol–water partition coefficient (Wildman–Crippen LogP) is 0.861. The summed E-state index contributed by atoms with van der Waals surface area (Å²) in [6.07, 6.45) is -0.336. The number of hydrogen-bond donors (Lipinski definition) is 4. The third kappa shape index (κ3) is 6.16. The molecule has 1 aromatic rings. The zero-order chi connectivity index (χ0) is 14.3. The molecule has 0 aliphatic rings. The minimum Gasteiger partial charge on any atom is -0.394 e. The predicted molar refractivity (Wildman–Crippen MR) is 75.9 cm³/mol. The highest BCUT2D eigenvalue weighted by molar-refractivity contribution is 5.24. The van der Waals surface area contributed by atoms with Crippen molar-refractivity contribution in [3.63, 3.8) is 0 Å². The maximum atomic E-state index is 9.97. The summed E-state index contributed by atoms with van der Waals surface area (Å²) in [6.45, 7) is 4.73. The van der Waals surface area contributed by atoms with E-state index in [1.165, 1.54) is 5.56 Å². The van der Waals surface area contributed by atoms with E-state index in [0.29, 0.717) is 12.5 Å². The maximum Gasteiger partial charge on any atom is 0.0914 e. The van der Waals surface area contributed by atoms with Crippen LogP contribution in [0.4, 0.5) is 0 Å². The smallest absolute Gasteiger partial charge is 0.0914 e. The lowest BCUT2D eigenvalue weighted by molar-refractivity contribution is 0.0891. The van der Waals surface area contributed by atoms with Crippen molar-refractivity contribution in [2.24, 2.45) is 5.92 Å². The highest BCUT2D eigenvalue weighted by Gasteiger charge is 2.08. The first-order valence-corrected chi connectivity index (χ1v) is 6.79. The van der Waals surface area contributed by atoms with E-state index < -0.39 is 12.2 Å². The Hall–Kier alpha value is -0.940. The molecule has 0 spiro atoms. The lowest BCUT2D eigenvalue weighted by Gasteiger charge is -2.14. The van der Waals surface area contributed by atoms with Gasteiger partial charge in [-0.1, -0.05) is 38.1 Å². The first-order valence-electron chi connectivity index (χ1n) is 6.79. The van der Waals surface area contributed by atoms with Gasteiger partial charge >= 0.3 is 0 Å². The van der Waals surface area contributed by atoms with Crippen molar-refractivity contribution in [2.45, 2.75) is 32.5 Å². The molecule has 0 radical (unpaired) electrons. The highest BCUT2D eigenvalue weighted by atomic mass is 16.3. The van der Waals surface area contributed by atoms with Gasteiger partial charge in [0.15, 0.2) is 0 Å². The first-order chi connectivity index (χ1) is 9.02. The molecule has 4 N–H and O–H groups in total. The van der Waals surface area contributed by atoms with Crippen molar-refractivity contribution in [1.29, 1.82) is 0 Å². The molecule has 108 valence electrons. The van der Waals surface area contributed by atoms with Crippen LogP contribution in [0, 0.1) is 5.92 Å². The lowest BCUT2D eigenvalue weighted by Crippen LogP contribution is -2.32. The van der Waals surface area contributed by atoms with Crippen molar-refractivity contribution in [2.75, 3.05) is 19.7 Å². The normalized spacial score (nSPS) is 14.6. The molecule has 0 heterocycles. The fraction of sp³-hybridized carbons (Fsp3) is 0.600. The number of rotatable bonds is 8. The Balaban J connectivity index is 2.42. The van der Waals surface area contributed by atoms with Gasteiger partial charge in [-0.05, 0) is 23.5 Å². The zero-order valence-corrected chi connectivity index (χ0v) is 11.7. The van der Waals surface area contributed by atoms with E-state index in [2.05, 4.69) is 19.2 Å². The van der Waals surface area contributed by atoms with Gasteiger partial charge < -0.3 is 20.6 Å². The molecule has 19 heavy (non-hydrogen) atoms. The van der Waals surface area contributed by atoms with Crippen LogP contribution in [0.3, 0.4) is 0 Å². The molecule has 1 rings (SSSR count). The number of benzene rings is 1. The molecule has 0 amide bonds. The molecule has 0 aliphatic carbocycles. The molecule has 4 heteroatoms. The summed E-state index contributed by atoms with van der Waals surface area (Å²) < 4.78 is 0. The van der Waals surface area contributed by atoms with Gasteiger partial charge in [0, 0.05) is 13.1 Å². The molecule has 0 saturated heterocycles. The molecule has 2 atom stereocenters. The molecular formula is C15H25NO3. The van der Waals surface area contributed by atoms with E-state index >= 15 is 0 Å². The van der Waals surface area contributed by atoms with Crippen molar-refractivity contribution >= 4 is 0 Å². The minimum atomic E-state index is -0.777. The van der Waals surface area contributed by atoms with Gasteiger partial charge in [0.1, 0.15) is 0 Å². The van der Waals surface area contributed by atoms with E-state index in [4.69, 9.17) is 10.2 Å². The van der Waals surface area contributed by atoms with Gasteiger partial charge in [-0.15, -0.1) is 0 Å². The largest absolute Gasteiger partial charge is 0.394 e. The summed E-state index contributed by atoms with van der Waals surface area (Å²) in [5.74, 6) is 0.623. The Labute approximate surface area is 115 Å². The third-order valence-corrected chi connectivity index (χ3v) is 2.94. The molecule has 0 saturated carbocycles. The average molecular weight is 267 g/mol. The fourth-order valence-electron chi connectivity index (χ4n) is 1.92. The second-order valence-corrected chi connectivity index (χ2v) is 5.35. The monoisotopic (exact) mass is 267 g/mol. The minimum absolute atomic E-state index is 0.271. The van der Waals surface area contributed by atoms with E-state index in [1.54, 1.807) is 0 Å². The Morgan fingerprint density at radius 1 is 1.05 bits per heavy atom. The standard InChI is InChI=1S/C15H25NO3/c1-11(2)7-12-3-5-13(6-4-12)15(19)9-16-8-14(18)10-17/h3-6,11,14-19H,7-10H2,1-2H3. The topological polar surface area (TPSA) is 72.7 Å². The quantitative estimate of drug-likeness (QED) is 0.564. The summed E-state index contributed by atoms with van der Waals surface area (Å²) in [7, 11) is 0. The molecular weight excluding hydrogens is 242 g/mol. The molecule has 2 unspecified atom stereocenters. The summed E-state index contributed by atoms with van der Waals surface area (Å²) in [4.78, 5) is 0. The second-order valence-electron chi connectivity index (χ2n) is 5.35. The Kier molecular flexibility index (Phi) is 7.02. The summed E-state index contributed by atoms with van der Waals surface area (Å²) >= 11 is 0. The van der Waals surface area contributed by atoms with Crippen LogP contribution < -0.4 is 5.32 Å². The van der Waals surface area contributed by atoms with E-state index in [0.717, 1.165) is 12.0 Å². The van der Waals surface area contributed by atoms with Crippen molar-refractivity contribution in [3.05, 3.63) is 35.4 Å². The van der Waals surface area contributed by atoms with Crippen molar-refractivity contribution in [1.82, 2.24) is 5.32 Å². The lowest BCUT2D eigenvalue weighted by atomic mass is 10.0. The number of nitrogens with one attached hydrogen (secondary N) is 1. The number of hydrogen-bond acceptors (Lipinski definition) is 4. The van der Waals surface area contributed by atoms with Crippen LogP contribution >= 0.6 is 0 Å². The fourth-order valence-corrected chi connectivity index (χ4v) is 1.92. The first kappa shape index (κ1) is 16.1. The van der Waals surface area contributed by atoms with Crippen LogP contribution in [-0.2, 0) is 6.42 Å². The molecule has 0 aromatic heterocycles. The van der Waals surface area contributed by atoms with Gasteiger partial charge in [0.25, 0.3) is 0 Å². The Bertz CT molecular complexity index is 351. The molecule has 0 fully saturated rings. The Morgan fingerprint density at radius 3 is 2.21 bits per heavy atom. The highest BCUT2D eigenvalue weighted by Crippen LogP contribution is 2.15. The van der Waals surface area contributed by atoms with Gasteiger partial charge in [-0.2, -0.15) is 0 Å². The third-order valence-electron chi connectivity index (χ3n) is 2.94. The summed E-state index contributed by atoms with van der Waals surface area (Å²) in [5, 5.41) is 30.7. The maximum absolute atomic E-state index is 9.97. The second kappa shape index (κ2) is 8.27. The van der Waals surface area contributed by atoms with Gasteiger partial charge in [0.05, 0.1) is 18.8 Å².